The first-order chi connectivity index (χ1) is 10.9. The molecule has 0 radical (unpaired) electrons. The average Bonchev–Trinajstić information content (AvgIpc) is 3.24. The van der Waals surface area contributed by atoms with Crippen molar-refractivity contribution in [3.05, 3.63) is 53.3 Å². The van der Waals surface area contributed by atoms with Gasteiger partial charge in [-0.3, -0.25) is 4.68 Å². The molecule has 1 aromatic carbocycles. The molecular weight excluding hydrogens is 286 g/mol. The van der Waals surface area contributed by atoms with Gasteiger partial charge in [0.1, 0.15) is 5.60 Å². The smallest absolute Gasteiger partial charge is 0.102 e. The molecule has 2 unspecified atom stereocenters. The molecule has 0 amide bonds. The lowest BCUT2D eigenvalue weighted by molar-refractivity contribution is 0.0528. The lowest BCUT2D eigenvalue weighted by Gasteiger charge is -2.27. The maximum absolute atomic E-state index is 10.7. The number of hydrogen-bond acceptors (Lipinski definition) is 3. The highest BCUT2D eigenvalue weighted by molar-refractivity contribution is 5.23. The first kappa shape index (κ1) is 16.2. The van der Waals surface area contributed by atoms with E-state index in [1.54, 1.807) is 10.9 Å². The summed E-state index contributed by atoms with van der Waals surface area (Å²) in [5.74, 6) is 0.736. The van der Waals surface area contributed by atoms with Crippen molar-refractivity contribution in [2.24, 2.45) is 13.0 Å². The Bertz CT molecular complexity index is 658. The Kier molecular flexibility index (Phi) is 4.55. The summed E-state index contributed by atoms with van der Waals surface area (Å²) in [6.45, 7) is 4.54. The van der Waals surface area contributed by atoms with Crippen LogP contribution in [0.25, 0.3) is 0 Å². The molecule has 3 rings (SSSR count). The molecule has 1 aliphatic carbocycles. The normalized spacial score (nSPS) is 18.6. The molecule has 0 bridgehead atoms. The molecule has 1 fully saturated rings. The fourth-order valence-corrected chi connectivity index (χ4v) is 3.13. The number of rotatable bonds is 7. The van der Waals surface area contributed by atoms with Crippen LogP contribution in [0.4, 0.5) is 0 Å². The van der Waals surface area contributed by atoms with Crippen molar-refractivity contribution in [2.75, 3.05) is 6.54 Å². The van der Waals surface area contributed by atoms with E-state index in [1.165, 1.54) is 24.0 Å². The van der Waals surface area contributed by atoms with Gasteiger partial charge in [-0.15, -0.1) is 0 Å². The lowest BCUT2D eigenvalue weighted by Crippen LogP contribution is -2.42. The SMILES string of the molecule is Cc1cccc(CC(NCC(C)(O)c2cnn(C)c2)C2CC2)c1. The molecule has 2 atom stereocenters. The standard InChI is InChI=1S/C19H27N3O/c1-14-5-4-6-15(9-14)10-18(16-7-8-16)20-13-19(2,23)17-11-21-22(3)12-17/h4-6,9,11-12,16,18,20,23H,7-8,10,13H2,1-3H3. The van der Waals surface area contributed by atoms with Crippen molar-refractivity contribution in [3.8, 4) is 0 Å². The maximum Gasteiger partial charge on any atom is 0.102 e. The van der Waals surface area contributed by atoms with Crippen LogP contribution in [0.3, 0.4) is 0 Å². The van der Waals surface area contributed by atoms with E-state index in [0.29, 0.717) is 12.6 Å². The van der Waals surface area contributed by atoms with Gasteiger partial charge < -0.3 is 10.4 Å². The number of aryl methyl sites for hydroxylation is 2. The van der Waals surface area contributed by atoms with Crippen LogP contribution in [0.2, 0.25) is 0 Å². The molecule has 4 nitrogen and oxygen atoms in total. The predicted octanol–water partition coefficient (Wildman–Crippen LogP) is 2.55. The fraction of sp³-hybridized carbons (Fsp3) is 0.526. The molecular formula is C19H27N3O. The average molecular weight is 313 g/mol. The zero-order chi connectivity index (χ0) is 16.4. The highest BCUT2D eigenvalue weighted by atomic mass is 16.3. The fourth-order valence-electron chi connectivity index (χ4n) is 3.13. The highest BCUT2D eigenvalue weighted by Gasteiger charge is 2.33. The Morgan fingerprint density at radius 2 is 2.22 bits per heavy atom. The number of nitrogens with zero attached hydrogens (tertiary/aromatic N) is 2. The third kappa shape index (κ3) is 4.21. The molecule has 0 spiro atoms. The molecule has 1 heterocycles. The number of nitrogens with one attached hydrogen (secondary N) is 1. The second-order valence-electron chi connectivity index (χ2n) is 7.19. The van der Waals surface area contributed by atoms with Gasteiger partial charge in [0.2, 0.25) is 0 Å². The minimum Gasteiger partial charge on any atom is -0.384 e. The number of benzene rings is 1. The summed E-state index contributed by atoms with van der Waals surface area (Å²) in [5.41, 5.74) is 2.64. The van der Waals surface area contributed by atoms with Crippen molar-refractivity contribution in [2.45, 2.75) is 44.8 Å². The van der Waals surface area contributed by atoms with Crippen LogP contribution in [0.1, 0.15) is 36.5 Å². The third-order valence-corrected chi connectivity index (χ3v) is 4.76. The van der Waals surface area contributed by atoms with Crippen LogP contribution < -0.4 is 5.32 Å². The van der Waals surface area contributed by atoms with Crippen molar-refractivity contribution in [1.82, 2.24) is 15.1 Å². The highest BCUT2D eigenvalue weighted by Crippen LogP contribution is 2.34. The van der Waals surface area contributed by atoms with Crippen LogP contribution in [0.15, 0.2) is 36.7 Å². The maximum atomic E-state index is 10.7. The van der Waals surface area contributed by atoms with Crippen molar-refractivity contribution >= 4 is 0 Å². The number of aromatic nitrogens is 2. The van der Waals surface area contributed by atoms with E-state index >= 15 is 0 Å². The van der Waals surface area contributed by atoms with Gasteiger partial charge >= 0.3 is 0 Å². The van der Waals surface area contributed by atoms with Gasteiger partial charge in [0.15, 0.2) is 0 Å². The predicted molar refractivity (Wildman–Crippen MR) is 92.2 cm³/mol. The largest absolute Gasteiger partial charge is 0.384 e. The van der Waals surface area contributed by atoms with Crippen LogP contribution in [-0.2, 0) is 19.1 Å². The van der Waals surface area contributed by atoms with E-state index in [0.717, 1.165) is 17.9 Å². The van der Waals surface area contributed by atoms with Gasteiger partial charge in [-0.1, -0.05) is 29.8 Å². The Morgan fingerprint density at radius 1 is 1.43 bits per heavy atom. The Morgan fingerprint density at radius 3 is 2.83 bits per heavy atom. The van der Waals surface area contributed by atoms with E-state index in [9.17, 15) is 5.11 Å². The van der Waals surface area contributed by atoms with Gasteiger partial charge in [-0.05, 0) is 44.6 Å². The molecule has 1 aliphatic rings. The van der Waals surface area contributed by atoms with Crippen molar-refractivity contribution in [3.63, 3.8) is 0 Å². The first-order valence-corrected chi connectivity index (χ1v) is 8.44. The first-order valence-electron chi connectivity index (χ1n) is 8.44. The monoisotopic (exact) mass is 313 g/mol. The molecule has 124 valence electrons. The molecule has 4 heteroatoms. The summed E-state index contributed by atoms with van der Waals surface area (Å²) in [5, 5.41) is 18.5. The molecule has 0 saturated heterocycles. The van der Waals surface area contributed by atoms with E-state index < -0.39 is 5.60 Å². The zero-order valence-electron chi connectivity index (χ0n) is 14.3. The second kappa shape index (κ2) is 6.46. The summed E-state index contributed by atoms with van der Waals surface area (Å²) in [6, 6.07) is 9.15. The van der Waals surface area contributed by atoms with E-state index in [2.05, 4.69) is 41.6 Å². The van der Waals surface area contributed by atoms with Gasteiger partial charge in [-0.2, -0.15) is 5.10 Å². The van der Waals surface area contributed by atoms with Crippen LogP contribution in [-0.4, -0.2) is 27.5 Å². The van der Waals surface area contributed by atoms with E-state index in [1.807, 2.05) is 20.2 Å². The Labute approximate surface area is 138 Å². The van der Waals surface area contributed by atoms with Crippen molar-refractivity contribution in [1.29, 1.82) is 0 Å². The second-order valence-corrected chi connectivity index (χ2v) is 7.19. The van der Waals surface area contributed by atoms with Gasteiger partial charge in [0.25, 0.3) is 0 Å². The summed E-state index contributed by atoms with van der Waals surface area (Å²) < 4.78 is 1.73. The summed E-state index contributed by atoms with van der Waals surface area (Å²) in [4.78, 5) is 0. The molecule has 23 heavy (non-hydrogen) atoms. The molecule has 2 N–H and O–H groups in total. The Balaban J connectivity index is 1.64. The van der Waals surface area contributed by atoms with E-state index in [-0.39, 0.29) is 0 Å². The lowest BCUT2D eigenvalue weighted by atomic mass is 9.96. The Hall–Kier alpha value is -1.65. The molecule has 2 aromatic rings. The van der Waals surface area contributed by atoms with E-state index in [4.69, 9.17) is 0 Å². The van der Waals surface area contributed by atoms with Gasteiger partial charge in [0, 0.05) is 31.4 Å². The van der Waals surface area contributed by atoms with Crippen LogP contribution in [0.5, 0.6) is 0 Å². The van der Waals surface area contributed by atoms with Crippen LogP contribution in [0, 0.1) is 12.8 Å². The summed E-state index contributed by atoms with van der Waals surface area (Å²) >= 11 is 0. The number of aliphatic hydroxyl groups is 1. The minimum atomic E-state index is -0.895. The van der Waals surface area contributed by atoms with Crippen LogP contribution >= 0.6 is 0 Å². The van der Waals surface area contributed by atoms with Gasteiger partial charge in [-0.25, -0.2) is 0 Å². The van der Waals surface area contributed by atoms with Gasteiger partial charge in [0.05, 0.1) is 6.20 Å². The number of hydrogen-bond donors (Lipinski definition) is 2. The third-order valence-electron chi connectivity index (χ3n) is 4.76. The zero-order valence-corrected chi connectivity index (χ0v) is 14.3. The molecule has 1 saturated carbocycles. The summed E-state index contributed by atoms with van der Waals surface area (Å²) in [6.07, 6.45) is 7.23. The minimum absolute atomic E-state index is 0.431. The quantitative estimate of drug-likeness (QED) is 0.826. The molecule has 0 aliphatic heterocycles. The topological polar surface area (TPSA) is 50.1 Å². The summed E-state index contributed by atoms with van der Waals surface area (Å²) in [7, 11) is 1.87. The van der Waals surface area contributed by atoms with Crippen molar-refractivity contribution < 1.29 is 5.11 Å². The molecule has 1 aromatic heterocycles.